The molecule has 0 atom stereocenters. The number of carboxylic acid groups (broad SMARTS) is 1. The largest absolute Gasteiger partial charge is 0.478 e. The fourth-order valence-electron chi connectivity index (χ4n) is 2.05. The zero-order valence-corrected chi connectivity index (χ0v) is 15.9. The van der Waals surface area contributed by atoms with E-state index in [0.29, 0.717) is 10.7 Å². The molecule has 0 aliphatic carbocycles. The minimum atomic E-state index is -3.75. The second-order valence-electron chi connectivity index (χ2n) is 5.46. The molecule has 0 aromatic heterocycles. The van der Waals surface area contributed by atoms with Crippen molar-refractivity contribution in [1.82, 2.24) is 4.31 Å². The Kier molecular flexibility index (Phi) is 5.96. The van der Waals surface area contributed by atoms with Crippen molar-refractivity contribution >= 4 is 39.0 Å². The minimum absolute atomic E-state index is 0.121. The van der Waals surface area contributed by atoms with E-state index in [2.05, 4.69) is 10.3 Å². The normalized spacial score (nSPS) is 11.9. The van der Waals surface area contributed by atoms with Crippen molar-refractivity contribution in [3.63, 3.8) is 0 Å². The monoisotopic (exact) mass is 396 g/mol. The molecule has 0 amide bonds. The van der Waals surface area contributed by atoms with Crippen LogP contribution >= 0.6 is 11.6 Å². The lowest BCUT2D eigenvalue weighted by Gasteiger charge is -2.17. The van der Waals surface area contributed by atoms with Crippen LogP contribution in [0.2, 0.25) is 5.02 Å². The highest BCUT2D eigenvalue weighted by Crippen LogP contribution is 2.26. The number of carbonyl (C=O) groups is 1. The van der Waals surface area contributed by atoms with E-state index in [1.165, 1.54) is 38.3 Å². The van der Waals surface area contributed by atoms with Crippen LogP contribution in [0.4, 0.5) is 11.4 Å². The molecule has 0 saturated heterocycles. The quantitative estimate of drug-likeness (QED) is 0.595. The lowest BCUT2D eigenvalue weighted by Crippen LogP contribution is -2.23. The van der Waals surface area contributed by atoms with Crippen LogP contribution in [0.25, 0.3) is 0 Å². The van der Waals surface area contributed by atoms with E-state index in [1.54, 1.807) is 24.3 Å². The summed E-state index contributed by atoms with van der Waals surface area (Å²) in [5.74, 6) is -1.28. The van der Waals surface area contributed by atoms with Crippen LogP contribution in [0, 0.1) is 0 Å². The molecule has 0 radical (unpaired) electrons. The predicted molar refractivity (Wildman–Crippen MR) is 98.6 cm³/mol. The van der Waals surface area contributed by atoms with E-state index in [9.17, 15) is 18.3 Å². The van der Waals surface area contributed by atoms with Crippen LogP contribution < -0.4 is 5.01 Å². The van der Waals surface area contributed by atoms with Gasteiger partial charge in [-0.1, -0.05) is 22.9 Å². The Morgan fingerprint density at radius 2 is 1.81 bits per heavy atom. The number of carboxylic acids is 1. The first-order valence-electron chi connectivity index (χ1n) is 7.34. The van der Waals surface area contributed by atoms with Gasteiger partial charge in [0.15, 0.2) is 0 Å². The molecule has 0 heterocycles. The molecule has 2 rings (SSSR count). The molecule has 0 aliphatic heterocycles. The van der Waals surface area contributed by atoms with Gasteiger partial charge in [0, 0.05) is 26.2 Å². The molecule has 8 nitrogen and oxygen atoms in total. The van der Waals surface area contributed by atoms with Crippen molar-refractivity contribution in [2.75, 3.05) is 26.2 Å². The molecular weight excluding hydrogens is 380 g/mol. The average molecular weight is 397 g/mol. The molecule has 0 unspecified atom stereocenters. The van der Waals surface area contributed by atoms with Crippen molar-refractivity contribution in [1.29, 1.82) is 0 Å². The molecule has 0 aliphatic rings. The number of hydrogen-bond acceptors (Lipinski definition) is 5. The van der Waals surface area contributed by atoms with Gasteiger partial charge in [0.1, 0.15) is 0 Å². The molecule has 2 aromatic carbocycles. The second kappa shape index (κ2) is 7.81. The molecular formula is C16H17ClN4O4S. The van der Waals surface area contributed by atoms with E-state index in [4.69, 9.17) is 11.6 Å². The summed E-state index contributed by atoms with van der Waals surface area (Å²) < 4.78 is 25.4. The Morgan fingerprint density at radius 1 is 1.12 bits per heavy atom. The summed E-state index contributed by atoms with van der Waals surface area (Å²) in [6.45, 7) is 0. The number of benzene rings is 2. The molecule has 2 aromatic rings. The van der Waals surface area contributed by atoms with Crippen LogP contribution in [0.15, 0.2) is 57.7 Å². The van der Waals surface area contributed by atoms with Gasteiger partial charge in [-0.15, -0.1) is 5.11 Å². The van der Waals surface area contributed by atoms with Crippen molar-refractivity contribution in [3.05, 3.63) is 53.1 Å². The number of halogens is 1. The van der Waals surface area contributed by atoms with Crippen molar-refractivity contribution in [2.45, 2.75) is 4.90 Å². The second-order valence-corrected chi connectivity index (χ2v) is 8.05. The highest BCUT2D eigenvalue weighted by molar-refractivity contribution is 7.89. The number of sulfonamides is 1. The number of nitrogens with zero attached hydrogens (tertiary/aromatic N) is 4. The van der Waals surface area contributed by atoms with Crippen molar-refractivity contribution < 1.29 is 18.3 Å². The van der Waals surface area contributed by atoms with Gasteiger partial charge in [-0.3, -0.25) is 0 Å². The van der Waals surface area contributed by atoms with E-state index in [-0.39, 0.29) is 16.1 Å². The Hall–Kier alpha value is -2.49. The van der Waals surface area contributed by atoms with Gasteiger partial charge in [0.05, 0.1) is 21.8 Å². The first-order valence-corrected chi connectivity index (χ1v) is 9.15. The SMILES string of the molecule is CN(N=Nc1cccc(Cl)c1)c1ccc(S(=O)(=O)N(C)C)cc1C(=O)O. The van der Waals surface area contributed by atoms with Gasteiger partial charge < -0.3 is 5.11 Å². The van der Waals surface area contributed by atoms with Crippen molar-refractivity contribution in [2.24, 2.45) is 10.3 Å². The van der Waals surface area contributed by atoms with Crippen LogP contribution in [0.1, 0.15) is 10.4 Å². The molecule has 0 fully saturated rings. The summed E-state index contributed by atoms with van der Waals surface area (Å²) in [5, 5.41) is 19.1. The van der Waals surface area contributed by atoms with Gasteiger partial charge in [-0.05, 0) is 36.4 Å². The van der Waals surface area contributed by atoms with Gasteiger partial charge in [-0.25, -0.2) is 22.5 Å². The Morgan fingerprint density at radius 3 is 2.38 bits per heavy atom. The molecule has 1 N–H and O–H groups in total. The average Bonchev–Trinajstić information content (AvgIpc) is 2.59. The third-order valence-electron chi connectivity index (χ3n) is 3.43. The summed E-state index contributed by atoms with van der Waals surface area (Å²) in [4.78, 5) is 11.4. The van der Waals surface area contributed by atoms with E-state index < -0.39 is 16.0 Å². The summed E-state index contributed by atoms with van der Waals surface area (Å²) in [6, 6.07) is 10.5. The van der Waals surface area contributed by atoms with Gasteiger partial charge in [-0.2, -0.15) is 0 Å². The maximum atomic E-state index is 12.2. The van der Waals surface area contributed by atoms with Crippen LogP contribution in [-0.2, 0) is 10.0 Å². The molecule has 0 bridgehead atoms. The summed E-state index contributed by atoms with van der Waals surface area (Å²) in [5.41, 5.74) is 0.481. The standard InChI is InChI=1S/C16H17ClN4O4S/c1-20(2)26(24,25)13-7-8-15(14(10-13)16(22)23)21(3)19-18-12-6-4-5-11(17)9-12/h4-10H,1-3H3,(H,22,23). The highest BCUT2D eigenvalue weighted by atomic mass is 35.5. The fraction of sp³-hybridized carbons (Fsp3) is 0.188. The number of anilines is 1. The Labute approximate surface area is 156 Å². The molecule has 0 saturated carbocycles. The zero-order chi connectivity index (χ0) is 19.5. The zero-order valence-electron chi connectivity index (χ0n) is 14.3. The van der Waals surface area contributed by atoms with E-state index in [1.807, 2.05) is 0 Å². The maximum absolute atomic E-state index is 12.2. The van der Waals surface area contributed by atoms with E-state index in [0.717, 1.165) is 10.4 Å². The number of rotatable bonds is 6. The topological polar surface area (TPSA) is 103 Å². The van der Waals surface area contributed by atoms with Crippen LogP contribution in [-0.4, -0.2) is 44.9 Å². The summed E-state index contributed by atoms with van der Waals surface area (Å²) in [6.07, 6.45) is 0. The molecule has 26 heavy (non-hydrogen) atoms. The van der Waals surface area contributed by atoms with Gasteiger partial charge in [0.25, 0.3) is 0 Å². The lowest BCUT2D eigenvalue weighted by atomic mass is 10.2. The third-order valence-corrected chi connectivity index (χ3v) is 5.47. The summed E-state index contributed by atoms with van der Waals surface area (Å²) in [7, 11) is 0.497. The minimum Gasteiger partial charge on any atom is -0.478 e. The molecule has 138 valence electrons. The first kappa shape index (κ1) is 19.8. The maximum Gasteiger partial charge on any atom is 0.337 e. The van der Waals surface area contributed by atoms with Gasteiger partial charge in [0.2, 0.25) is 10.0 Å². The number of aromatic carboxylic acids is 1. The molecule has 10 heteroatoms. The predicted octanol–water partition coefficient (Wildman–Crippen LogP) is 3.42. The Bertz CT molecular complexity index is 960. The smallest absolute Gasteiger partial charge is 0.337 e. The molecule has 0 spiro atoms. The van der Waals surface area contributed by atoms with Crippen LogP contribution in [0.3, 0.4) is 0 Å². The fourth-order valence-corrected chi connectivity index (χ4v) is 3.16. The highest BCUT2D eigenvalue weighted by Gasteiger charge is 2.22. The number of hydrogen-bond donors (Lipinski definition) is 1. The third kappa shape index (κ3) is 4.37. The van der Waals surface area contributed by atoms with Crippen molar-refractivity contribution in [3.8, 4) is 0 Å². The van der Waals surface area contributed by atoms with Gasteiger partial charge >= 0.3 is 5.97 Å². The first-order chi connectivity index (χ1) is 12.1. The Balaban J connectivity index is 2.41. The van der Waals surface area contributed by atoms with Crippen LogP contribution in [0.5, 0.6) is 0 Å². The lowest BCUT2D eigenvalue weighted by molar-refractivity contribution is 0.0697. The van der Waals surface area contributed by atoms with E-state index >= 15 is 0 Å². The summed E-state index contributed by atoms with van der Waals surface area (Å²) >= 11 is 5.88.